The lowest BCUT2D eigenvalue weighted by molar-refractivity contribution is 0.190. The van der Waals surface area contributed by atoms with Gasteiger partial charge in [-0.3, -0.25) is 0 Å². The molecule has 2 heterocycles. The third-order valence-corrected chi connectivity index (χ3v) is 5.91. The molecule has 2 aromatic carbocycles. The van der Waals surface area contributed by atoms with Crippen molar-refractivity contribution in [2.75, 3.05) is 38.2 Å². The van der Waals surface area contributed by atoms with Crippen LogP contribution >= 0.6 is 0 Å². The number of urea groups is 1. The van der Waals surface area contributed by atoms with Gasteiger partial charge in [0.1, 0.15) is 5.75 Å². The quantitative estimate of drug-likeness (QED) is 0.612. The van der Waals surface area contributed by atoms with Crippen molar-refractivity contribution in [1.82, 2.24) is 15.2 Å². The van der Waals surface area contributed by atoms with Crippen LogP contribution in [0.1, 0.15) is 30.8 Å². The van der Waals surface area contributed by atoms with Crippen molar-refractivity contribution >= 4 is 11.7 Å². The highest BCUT2D eigenvalue weighted by Crippen LogP contribution is 2.34. The van der Waals surface area contributed by atoms with Crippen LogP contribution in [0.2, 0.25) is 0 Å². The van der Waals surface area contributed by atoms with E-state index >= 15 is 0 Å². The van der Waals surface area contributed by atoms with Crippen molar-refractivity contribution in [3.8, 4) is 17.1 Å². The summed E-state index contributed by atoms with van der Waals surface area (Å²) in [7, 11) is 1.66. The molecule has 1 fully saturated rings. The van der Waals surface area contributed by atoms with E-state index in [-0.39, 0.29) is 12.1 Å². The number of carbonyl (C=O) groups is 1. The second-order valence-corrected chi connectivity index (χ2v) is 7.92. The summed E-state index contributed by atoms with van der Waals surface area (Å²) in [5, 5.41) is 3.19. The average molecular weight is 435 g/mol. The van der Waals surface area contributed by atoms with E-state index in [2.05, 4.69) is 40.3 Å². The predicted octanol–water partition coefficient (Wildman–Crippen LogP) is 4.64. The molecule has 0 spiro atoms. The molecule has 1 aromatic heterocycles. The number of ether oxygens (including phenoxy) is 1. The van der Waals surface area contributed by atoms with E-state index in [0.717, 1.165) is 42.1 Å². The smallest absolute Gasteiger partial charge is 0.318 e. The summed E-state index contributed by atoms with van der Waals surface area (Å²) in [6, 6.07) is 16.2. The van der Waals surface area contributed by atoms with Gasteiger partial charge < -0.3 is 24.3 Å². The summed E-state index contributed by atoms with van der Waals surface area (Å²) < 4.78 is 11.3. The van der Waals surface area contributed by atoms with Crippen LogP contribution in [0.3, 0.4) is 0 Å². The Labute approximate surface area is 189 Å². The van der Waals surface area contributed by atoms with Gasteiger partial charge in [-0.05, 0) is 24.1 Å². The molecule has 0 aliphatic carbocycles. The highest BCUT2D eigenvalue weighted by atomic mass is 16.5. The Hall–Kier alpha value is -3.48. The summed E-state index contributed by atoms with van der Waals surface area (Å²) in [6.45, 7) is 6.78. The molecule has 0 radical (unpaired) electrons. The Balaban J connectivity index is 1.38. The standard InChI is InChI=1S/C25H30N4O3/c1-4-22(19-8-6-5-7-9-19)27-25(30)29-14-12-28(13-15-29)20-10-11-21(23(16-20)31-3)24-17-26-18(2)32-24/h5-11,16-17,22H,4,12-15H2,1-3H3,(H,27,30)/t22-/m0/s1. The van der Waals surface area contributed by atoms with Crippen molar-refractivity contribution in [3.63, 3.8) is 0 Å². The van der Waals surface area contributed by atoms with Crippen LogP contribution in [0.5, 0.6) is 5.75 Å². The van der Waals surface area contributed by atoms with Gasteiger partial charge in [-0.2, -0.15) is 0 Å². The minimum atomic E-state index is -0.00558. The molecule has 2 amide bonds. The first-order valence-electron chi connectivity index (χ1n) is 11.0. The minimum Gasteiger partial charge on any atom is -0.496 e. The van der Waals surface area contributed by atoms with Gasteiger partial charge >= 0.3 is 6.03 Å². The van der Waals surface area contributed by atoms with Crippen molar-refractivity contribution in [3.05, 3.63) is 66.2 Å². The van der Waals surface area contributed by atoms with Gasteiger partial charge in [0.05, 0.1) is 24.9 Å². The Morgan fingerprint density at radius 2 is 1.91 bits per heavy atom. The molecule has 0 bridgehead atoms. The minimum absolute atomic E-state index is 0.00558. The zero-order valence-corrected chi connectivity index (χ0v) is 18.9. The molecule has 0 saturated carbocycles. The maximum Gasteiger partial charge on any atom is 0.318 e. The number of aromatic nitrogens is 1. The van der Waals surface area contributed by atoms with E-state index in [1.807, 2.05) is 42.2 Å². The highest BCUT2D eigenvalue weighted by molar-refractivity contribution is 5.75. The van der Waals surface area contributed by atoms with Crippen molar-refractivity contribution in [2.45, 2.75) is 26.3 Å². The van der Waals surface area contributed by atoms with Gasteiger partial charge in [-0.1, -0.05) is 37.3 Å². The first kappa shape index (κ1) is 21.7. The van der Waals surface area contributed by atoms with Gasteiger partial charge in [-0.25, -0.2) is 9.78 Å². The number of methoxy groups -OCH3 is 1. The van der Waals surface area contributed by atoms with Crippen LogP contribution in [0.4, 0.5) is 10.5 Å². The monoisotopic (exact) mass is 434 g/mol. The number of oxazole rings is 1. The van der Waals surface area contributed by atoms with E-state index < -0.39 is 0 Å². The molecule has 0 unspecified atom stereocenters. The molecule has 3 aromatic rings. The Morgan fingerprint density at radius 1 is 1.16 bits per heavy atom. The molecular weight excluding hydrogens is 404 g/mol. The lowest BCUT2D eigenvalue weighted by Gasteiger charge is -2.37. The van der Waals surface area contributed by atoms with Gasteiger partial charge in [0, 0.05) is 44.9 Å². The molecule has 1 aliphatic heterocycles. The van der Waals surface area contributed by atoms with E-state index in [9.17, 15) is 4.79 Å². The fourth-order valence-electron chi connectivity index (χ4n) is 4.08. The molecule has 4 rings (SSSR count). The maximum absolute atomic E-state index is 12.8. The van der Waals surface area contributed by atoms with Gasteiger partial charge in [0.2, 0.25) is 0 Å². The van der Waals surface area contributed by atoms with Crippen LogP contribution in [-0.4, -0.2) is 49.2 Å². The third kappa shape index (κ3) is 4.72. The molecule has 7 nitrogen and oxygen atoms in total. The van der Waals surface area contributed by atoms with Gasteiger partial charge in [0.25, 0.3) is 0 Å². The number of amides is 2. The van der Waals surface area contributed by atoms with Crippen molar-refractivity contribution < 1.29 is 13.9 Å². The zero-order chi connectivity index (χ0) is 22.5. The Morgan fingerprint density at radius 3 is 2.53 bits per heavy atom. The molecular formula is C25H30N4O3. The van der Waals surface area contributed by atoms with Crippen LogP contribution in [-0.2, 0) is 0 Å². The van der Waals surface area contributed by atoms with E-state index in [4.69, 9.17) is 9.15 Å². The first-order chi connectivity index (χ1) is 15.6. The summed E-state index contributed by atoms with van der Waals surface area (Å²) >= 11 is 0. The average Bonchev–Trinajstić information content (AvgIpc) is 3.28. The number of aryl methyl sites for hydroxylation is 1. The molecule has 1 aliphatic rings. The predicted molar refractivity (Wildman–Crippen MR) is 125 cm³/mol. The van der Waals surface area contributed by atoms with Crippen molar-refractivity contribution in [2.24, 2.45) is 0 Å². The van der Waals surface area contributed by atoms with Crippen LogP contribution in [0.15, 0.2) is 59.1 Å². The largest absolute Gasteiger partial charge is 0.496 e. The number of carbonyl (C=O) groups excluding carboxylic acids is 1. The number of nitrogens with zero attached hydrogens (tertiary/aromatic N) is 3. The number of rotatable bonds is 6. The SMILES string of the molecule is CC[C@H](NC(=O)N1CCN(c2ccc(-c3cnc(C)o3)c(OC)c2)CC1)c1ccccc1. The molecule has 7 heteroatoms. The number of piperazine rings is 1. The summed E-state index contributed by atoms with van der Waals surface area (Å²) in [4.78, 5) is 21.2. The third-order valence-electron chi connectivity index (χ3n) is 5.91. The Kier molecular flexibility index (Phi) is 6.63. The Bertz CT molecular complexity index is 1040. The first-order valence-corrected chi connectivity index (χ1v) is 11.0. The maximum atomic E-state index is 12.8. The summed E-state index contributed by atoms with van der Waals surface area (Å²) in [5.41, 5.74) is 3.08. The van der Waals surface area contributed by atoms with Crippen molar-refractivity contribution in [1.29, 1.82) is 0 Å². The van der Waals surface area contributed by atoms with E-state index in [0.29, 0.717) is 24.7 Å². The van der Waals surface area contributed by atoms with Crippen LogP contribution in [0, 0.1) is 6.92 Å². The second kappa shape index (κ2) is 9.77. The number of hydrogen-bond acceptors (Lipinski definition) is 5. The number of anilines is 1. The van der Waals surface area contributed by atoms with E-state index in [1.54, 1.807) is 13.3 Å². The highest BCUT2D eigenvalue weighted by Gasteiger charge is 2.24. The number of benzene rings is 2. The van der Waals surface area contributed by atoms with E-state index in [1.165, 1.54) is 0 Å². The fraction of sp³-hybridized carbons (Fsp3) is 0.360. The summed E-state index contributed by atoms with van der Waals surface area (Å²) in [6.07, 6.45) is 2.57. The molecule has 168 valence electrons. The molecule has 32 heavy (non-hydrogen) atoms. The summed E-state index contributed by atoms with van der Waals surface area (Å²) in [5.74, 6) is 2.06. The zero-order valence-electron chi connectivity index (χ0n) is 18.9. The number of hydrogen-bond donors (Lipinski definition) is 1. The van der Waals surface area contributed by atoms with Crippen LogP contribution in [0.25, 0.3) is 11.3 Å². The number of nitrogens with one attached hydrogen (secondary N) is 1. The molecule has 1 saturated heterocycles. The molecule has 1 atom stereocenters. The van der Waals surface area contributed by atoms with Gasteiger partial charge in [-0.15, -0.1) is 0 Å². The normalized spacial score (nSPS) is 14.8. The topological polar surface area (TPSA) is 70.8 Å². The lowest BCUT2D eigenvalue weighted by atomic mass is 10.1. The fourth-order valence-corrected chi connectivity index (χ4v) is 4.08. The molecule has 1 N–H and O–H groups in total. The van der Waals surface area contributed by atoms with Gasteiger partial charge in [0.15, 0.2) is 11.7 Å². The second-order valence-electron chi connectivity index (χ2n) is 7.92. The lowest BCUT2D eigenvalue weighted by Crippen LogP contribution is -2.52. The van der Waals surface area contributed by atoms with Crippen LogP contribution < -0.4 is 15.0 Å².